The van der Waals surface area contributed by atoms with E-state index >= 15 is 0 Å². The Kier molecular flexibility index (Phi) is 6.78. The molecular formula is C22H32N8O3S. The van der Waals surface area contributed by atoms with Gasteiger partial charge in [0.15, 0.2) is 11.6 Å². The Labute approximate surface area is 199 Å². The number of aromatic amines is 1. The van der Waals surface area contributed by atoms with Gasteiger partial charge in [-0.15, -0.1) is 0 Å². The number of hydrogen-bond acceptors (Lipinski definition) is 8. The normalized spacial score (nSPS) is 20.1. The summed E-state index contributed by atoms with van der Waals surface area (Å²) in [4.78, 5) is 16.3. The highest BCUT2D eigenvalue weighted by atomic mass is 32.2. The van der Waals surface area contributed by atoms with E-state index in [1.54, 1.807) is 36.8 Å². The van der Waals surface area contributed by atoms with Gasteiger partial charge >= 0.3 is 6.09 Å². The predicted molar refractivity (Wildman–Crippen MR) is 130 cm³/mol. The summed E-state index contributed by atoms with van der Waals surface area (Å²) in [6.07, 6.45) is 5.32. The molecule has 1 saturated carbocycles. The van der Waals surface area contributed by atoms with Gasteiger partial charge in [0.05, 0.1) is 21.2 Å². The number of H-pyrrole nitrogens is 1. The number of fused-ring (bicyclic) bond motifs is 1. The van der Waals surface area contributed by atoms with Gasteiger partial charge in [-0.25, -0.2) is 18.5 Å². The van der Waals surface area contributed by atoms with Crippen molar-refractivity contribution in [3.05, 3.63) is 35.9 Å². The number of alkyl carbamates (subject to hydrolysis) is 1. The van der Waals surface area contributed by atoms with Crippen LogP contribution < -0.4 is 10.6 Å². The number of nitrogens with zero attached hydrogens (tertiary/aromatic N) is 4. The summed E-state index contributed by atoms with van der Waals surface area (Å²) in [6.45, 7) is 7.37. The highest BCUT2D eigenvalue weighted by molar-refractivity contribution is 7.92. The number of ether oxygens (including phenoxy) is 1. The van der Waals surface area contributed by atoms with Gasteiger partial charge in [0.2, 0.25) is 0 Å². The average Bonchev–Trinajstić information content (AvgIpc) is 3.46. The van der Waals surface area contributed by atoms with E-state index < -0.39 is 9.73 Å². The van der Waals surface area contributed by atoms with Crippen LogP contribution in [0.1, 0.15) is 64.3 Å². The van der Waals surface area contributed by atoms with Crippen LogP contribution in [0.25, 0.3) is 5.52 Å². The lowest BCUT2D eigenvalue weighted by Gasteiger charge is -2.14. The molecule has 1 aliphatic carbocycles. The Balaban J connectivity index is 1.43. The minimum Gasteiger partial charge on any atom is -0.446 e. The van der Waals surface area contributed by atoms with Crippen LogP contribution in [-0.2, 0) is 20.2 Å². The molecule has 1 aliphatic rings. The number of amides is 1. The Hall–Kier alpha value is -3.15. The fourth-order valence-electron chi connectivity index (χ4n) is 4.01. The number of carbonyl (C=O) groups excluding carboxylic acids is 1. The minimum atomic E-state index is -2.76. The van der Waals surface area contributed by atoms with Crippen LogP contribution >= 0.6 is 0 Å². The van der Waals surface area contributed by atoms with Crippen molar-refractivity contribution in [1.82, 2.24) is 30.1 Å². The van der Waals surface area contributed by atoms with Gasteiger partial charge in [0, 0.05) is 41.4 Å². The SMILES string of the molecule is CC(C)NC(=O)O[C@@H]1CC[C@H](c2cc(Nc3nccn4nc(CS(=N)(=O)C(C)C)cc34)n[nH]2)C1. The van der Waals surface area contributed by atoms with E-state index in [2.05, 4.69) is 30.9 Å². The molecule has 0 spiro atoms. The van der Waals surface area contributed by atoms with Gasteiger partial charge in [0.1, 0.15) is 11.6 Å². The molecule has 3 atom stereocenters. The van der Waals surface area contributed by atoms with Crippen molar-refractivity contribution in [1.29, 1.82) is 4.78 Å². The second kappa shape index (κ2) is 9.61. The zero-order valence-corrected chi connectivity index (χ0v) is 20.7. The van der Waals surface area contributed by atoms with E-state index in [1.165, 1.54) is 0 Å². The van der Waals surface area contributed by atoms with Crippen LogP contribution in [0.5, 0.6) is 0 Å². The summed E-state index contributed by atoms with van der Waals surface area (Å²) < 4.78 is 27.8. The predicted octanol–water partition coefficient (Wildman–Crippen LogP) is 3.92. The van der Waals surface area contributed by atoms with E-state index in [-0.39, 0.29) is 35.2 Å². The molecule has 0 bridgehead atoms. The highest BCUT2D eigenvalue weighted by Crippen LogP contribution is 2.36. The van der Waals surface area contributed by atoms with Gasteiger partial charge in [-0.05, 0) is 39.2 Å². The van der Waals surface area contributed by atoms with Crippen LogP contribution in [0.15, 0.2) is 24.5 Å². The third-order valence-electron chi connectivity index (χ3n) is 5.91. The quantitative estimate of drug-likeness (QED) is 0.375. The molecule has 1 unspecified atom stereocenters. The van der Waals surface area contributed by atoms with Crippen LogP contribution in [0.2, 0.25) is 0 Å². The molecule has 4 N–H and O–H groups in total. The maximum atomic E-state index is 12.5. The second-order valence-electron chi connectivity index (χ2n) is 9.33. The van der Waals surface area contributed by atoms with Crippen molar-refractivity contribution in [2.45, 2.75) is 76.0 Å². The van der Waals surface area contributed by atoms with E-state index in [0.29, 0.717) is 22.8 Å². The molecule has 4 rings (SSSR count). The number of carbonyl (C=O) groups is 1. The molecule has 1 fully saturated rings. The molecule has 3 aromatic heterocycles. The molecule has 184 valence electrons. The molecule has 3 heterocycles. The van der Waals surface area contributed by atoms with Gasteiger partial charge < -0.3 is 15.4 Å². The minimum absolute atomic E-state index is 0.0437. The van der Waals surface area contributed by atoms with Crippen molar-refractivity contribution in [3.63, 3.8) is 0 Å². The molecule has 0 saturated heterocycles. The van der Waals surface area contributed by atoms with Gasteiger partial charge in [-0.3, -0.25) is 9.88 Å². The van der Waals surface area contributed by atoms with Crippen LogP contribution in [0, 0.1) is 4.78 Å². The van der Waals surface area contributed by atoms with E-state index in [9.17, 15) is 9.00 Å². The Bertz CT molecular complexity index is 1260. The van der Waals surface area contributed by atoms with E-state index in [1.807, 2.05) is 19.9 Å². The largest absolute Gasteiger partial charge is 0.446 e. The van der Waals surface area contributed by atoms with Gasteiger partial charge in [0.25, 0.3) is 0 Å². The first-order valence-corrected chi connectivity index (χ1v) is 13.3. The lowest BCUT2D eigenvalue weighted by molar-refractivity contribution is 0.0981. The van der Waals surface area contributed by atoms with Crippen molar-refractivity contribution >= 4 is 33.0 Å². The molecule has 12 heteroatoms. The van der Waals surface area contributed by atoms with Crippen molar-refractivity contribution < 1.29 is 13.7 Å². The summed E-state index contributed by atoms with van der Waals surface area (Å²) in [5.41, 5.74) is 2.28. The highest BCUT2D eigenvalue weighted by Gasteiger charge is 2.30. The molecule has 11 nitrogen and oxygen atoms in total. The Morgan fingerprint density at radius 2 is 2.12 bits per heavy atom. The number of nitrogens with one attached hydrogen (secondary N) is 4. The van der Waals surface area contributed by atoms with Gasteiger partial charge in [-0.2, -0.15) is 10.2 Å². The van der Waals surface area contributed by atoms with Crippen molar-refractivity contribution in [2.75, 3.05) is 5.32 Å². The standard InChI is InChI=1S/C22H32N8O3S/c1-13(2)25-22(31)33-17-6-5-15(9-17)18-11-20(28-27-18)26-21-19-10-16(12-34(23,32)14(3)4)29-30(19)8-7-24-21/h7-8,10-11,13-15,17,23H,5-6,9,12H2,1-4H3,(H,25,31)(H2,24,26,27,28)/t15-,17+,34?/m0/s1. The molecular weight excluding hydrogens is 456 g/mol. The lowest BCUT2D eigenvalue weighted by Crippen LogP contribution is -2.33. The van der Waals surface area contributed by atoms with Crippen molar-refractivity contribution in [3.8, 4) is 0 Å². The number of anilines is 2. The first-order valence-electron chi connectivity index (χ1n) is 11.5. The zero-order valence-electron chi connectivity index (χ0n) is 19.9. The third kappa shape index (κ3) is 5.49. The summed E-state index contributed by atoms with van der Waals surface area (Å²) in [7, 11) is -2.76. The Morgan fingerprint density at radius 1 is 1.32 bits per heavy atom. The summed E-state index contributed by atoms with van der Waals surface area (Å²) >= 11 is 0. The smallest absolute Gasteiger partial charge is 0.407 e. The van der Waals surface area contributed by atoms with Crippen LogP contribution in [-0.4, -0.2) is 52.5 Å². The summed E-state index contributed by atoms with van der Waals surface area (Å²) in [5.74, 6) is 1.51. The molecule has 34 heavy (non-hydrogen) atoms. The molecule has 0 radical (unpaired) electrons. The fraction of sp³-hybridized carbons (Fsp3) is 0.545. The molecule has 0 aliphatic heterocycles. The first kappa shape index (κ1) is 24.0. The number of rotatable bonds is 8. The number of hydrogen-bond donors (Lipinski definition) is 4. The Morgan fingerprint density at radius 3 is 2.85 bits per heavy atom. The molecule has 1 amide bonds. The third-order valence-corrected chi connectivity index (χ3v) is 8.16. The van der Waals surface area contributed by atoms with E-state index in [4.69, 9.17) is 9.52 Å². The second-order valence-corrected chi connectivity index (χ2v) is 12.0. The van der Waals surface area contributed by atoms with Crippen molar-refractivity contribution in [2.24, 2.45) is 0 Å². The topological polar surface area (TPSA) is 150 Å². The summed E-state index contributed by atoms with van der Waals surface area (Å²) in [6, 6.07) is 3.79. The van der Waals surface area contributed by atoms with Gasteiger partial charge in [-0.1, -0.05) is 13.8 Å². The molecule has 3 aromatic rings. The monoisotopic (exact) mass is 488 g/mol. The molecule has 0 aromatic carbocycles. The average molecular weight is 489 g/mol. The first-order chi connectivity index (χ1) is 16.1. The summed E-state index contributed by atoms with van der Waals surface area (Å²) in [5, 5.41) is 17.7. The van der Waals surface area contributed by atoms with Crippen LogP contribution in [0.4, 0.5) is 16.4 Å². The number of aromatic nitrogens is 5. The van der Waals surface area contributed by atoms with Crippen LogP contribution in [0.3, 0.4) is 0 Å². The maximum absolute atomic E-state index is 12.5. The fourth-order valence-corrected chi connectivity index (χ4v) is 4.92. The zero-order chi connectivity index (χ0) is 24.5. The van der Waals surface area contributed by atoms with E-state index in [0.717, 1.165) is 25.0 Å². The lowest BCUT2D eigenvalue weighted by atomic mass is 10.0. The maximum Gasteiger partial charge on any atom is 0.407 e.